The van der Waals surface area contributed by atoms with Crippen LogP contribution in [0, 0.1) is 5.82 Å². The predicted molar refractivity (Wildman–Crippen MR) is 88.3 cm³/mol. The quantitative estimate of drug-likeness (QED) is 0.584. The fourth-order valence-electron chi connectivity index (χ4n) is 2.13. The van der Waals surface area contributed by atoms with Gasteiger partial charge in [-0.2, -0.15) is 31.1 Å². The molecule has 0 spiro atoms. The van der Waals surface area contributed by atoms with E-state index in [9.17, 15) is 52.7 Å². The zero-order valence-corrected chi connectivity index (χ0v) is 16.1. The van der Waals surface area contributed by atoms with Gasteiger partial charge in [-0.05, 0) is 12.1 Å². The molecule has 0 saturated heterocycles. The van der Waals surface area contributed by atoms with E-state index in [-0.39, 0.29) is 10.2 Å². The molecule has 1 N–H and O–H groups in total. The SMILES string of the molecule is CS(=O)(=O)n1cc(C(=O)Nc2ccc(F)cc2OC(F)(F)C(F)C(F)(F)F)c(C(F)F)n1. The van der Waals surface area contributed by atoms with Gasteiger partial charge in [-0.25, -0.2) is 26.0 Å². The molecule has 178 valence electrons. The molecule has 1 atom stereocenters. The third-order valence-corrected chi connectivity index (χ3v) is 4.40. The van der Waals surface area contributed by atoms with Crippen molar-refractivity contribution in [1.82, 2.24) is 9.19 Å². The molecule has 2 aromatic rings. The van der Waals surface area contributed by atoms with Crippen LogP contribution >= 0.6 is 0 Å². The van der Waals surface area contributed by atoms with Crippen LogP contribution in [0.5, 0.6) is 5.75 Å². The van der Waals surface area contributed by atoms with E-state index in [1.54, 1.807) is 5.32 Å². The second kappa shape index (κ2) is 8.51. The van der Waals surface area contributed by atoms with Gasteiger partial charge in [-0.15, -0.1) is 0 Å². The molecule has 1 heterocycles. The summed E-state index contributed by atoms with van der Waals surface area (Å²) in [7, 11) is -4.24. The van der Waals surface area contributed by atoms with Crippen LogP contribution in [0.4, 0.5) is 45.2 Å². The maximum Gasteiger partial charge on any atom is 0.439 e. The molecule has 0 aliphatic carbocycles. The second-order valence-electron chi connectivity index (χ2n) is 6.03. The number of carbonyl (C=O) groups excluding carboxylic acids is 1. The minimum absolute atomic E-state index is 0.0106. The number of hydrogen-bond donors (Lipinski definition) is 1. The van der Waals surface area contributed by atoms with Crippen LogP contribution in [-0.2, 0) is 10.0 Å². The van der Waals surface area contributed by atoms with Crippen molar-refractivity contribution in [3.63, 3.8) is 0 Å². The minimum atomic E-state index is -6.06. The van der Waals surface area contributed by atoms with Gasteiger partial charge < -0.3 is 10.1 Å². The number of nitrogens with one attached hydrogen (secondary N) is 1. The lowest BCUT2D eigenvalue weighted by Crippen LogP contribution is -2.45. The summed E-state index contributed by atoms with van der Waals surface area (Å²) in [5, 5.41) is 4.69. The van der Waals surface area contributed by atoms with Crippen molar-refractivity contribution in [3.05, 3.63) is 41.5 Å². The highest BCUT2D eigenvalue weighted by Crippen LogP contribution is 2.39. The number of rotatable bonds is 7. The van der Waals surface area contributed by atoms with Crippen LogP contribution in [0.3, 0.4) is 0 Å². The fraction of sp³-hybridized carbons (Fsp3) is 0.333. The number of amides is 1. The summed E-state index contributed by atoms with van der Waals surface area (Å²) in [6.07, 6.45) is -19.0. The number of anilines is 1. The largest absolute Gasteiger partial charge is 0.439 e. The Bertz CT molecular complexity index is 1120. The van der Waals surface area contributed by atoms with Crippen LogP contribution in [0.2, 0.25) is 0 Å². The highest BCUT2D eigenvalue weighted by atomic mass is 32.2. The zero-order chi connectivity index (χ0) is 24.6. The Morgan fingerprint density at radius 3 is 2.25 bits per heavy atom. The fourth-order valence-corrected chi connectivity index (χ4v) is 2.67. The third-order valence-electron chi connectivity index (χ3n) is 3.53. The van der Waals surface area contributed by atoms with Crippen molar-refractivity contribution in [2.24, 2.45) is 0 Å². The van der Waals surface area contributed by atoms with E-state index < -0.39 is 69.3 Å². The van der Waals surface area contributed by atoms with Crippen molar-refractivity contribution in [2.75, 3.05) is 11.6 Å². The molecule has 0 fully saturated rings. The van der Waals surface area contributed by atoms with Crippen molar-refractivity contribution < 1.29 is 57.5 Å². The summed E-state index contributed by atoms with van der Waals surface area (Å²) in [6, 6.07) is 1.09. The Kier molecular flexibility index (Phi) is 6.73. The smallest absolute Gasteiger partial charge is 0.428 e. The molecule has 1 unspecified atom stereocenters. The van der Waals surface area contributed by atoms with Crippen LogP contribution in [0.15, 0.2) is 24.4 Å². The van der Waals surface area contributed by atoms with Gasteiger partial charge in [-0.3, -0.25) is 4.79 Å². The van der Waals surface area contributed by atoms with Crippen LogP contribution in [-0.4, -0.2) is 48.2 Å². The van der Waals surface area contributed by atoms with Gasteiger partial charge in [-0.1, -0.05) is 0 Å². The first kappa shape index (κ1) is 25.3. The molecule has 0 radical (unpaired) electrons. The first-order chi connectivity index (χ1) is 14.4. The number of halogens is 9. The Balaban J connectivity index is 2.43. The number of benzene rings is 1. The van der Waals surface area contributed by atoms with Gasteiger partial charge in [0.15, 0.2) is 5.75 Å². The number of hydrogen-bond acceptors (Lipinski definition) is 5. The van der Waals surface area contributed by atoms with E-state index >= 15 is 0 Å². The lowest BCUT2D eigenvalue weighted by atomic mass is 10.2. The Morgan fingerprint density at radius 1 is 1.16 bits per heavy atom. The molecule has 0 aliphatic heterocycles. The van der Waals surface area contributed by atoms with Crippen LogP contribution < -0.4 is 10.1 Å². The Labute approximate surface area is 172 Å². The van der Waals surface area contributed by atoms with Gasteiger partial charge in [0.05, 0.1) is 23.7 Å². The van der Waals surface area contributed by atoms with Gasteiger partial charge in [0.25, 0.3) is 28.5 Å². The first-order valence-electron chi connectivity index (χ1n) is 7.90. The summed E-state index contributed by atoms with van der Waals surface area (Å²) in [5.74, 6) is -4.43. The van der Waals surface area contributed by atoms with Crippen LogP contribution in [0.25, 0.3) is 0 Å². The van der Waals surface area contributed by atoms with E-state index in [1.165, 1.54) is 0 Å². The summed E-state index contributed by atoms with van der Waals surface area (Å²) in [5.41, 5.74) is -3.38. The lowest BCUT2D eigenvalue weighted by molar-refractivity contribution is -0.304. The van der Waals surface area contributed by atoms with E-state index in [4.69, 9.17) is 0 Å². The van der Waals surface area contributed by atoms with Crippen molar-refractivity contribution in [1.29, 1.82) is 0 Å². The molecule has 1 amide bonds. The first-order valence-corrected chi connectivity index (χ1v) is 9.75. The number of aromatic nitrogens is 2. The number of ether oxygens (including phenoxy) is 1. The zero-order valence-electron chi connectivity index (χ0n) is 15.3. The molecule has 0 bridgehead atoms. The molecular weight excluding hydrogens is 489 g/mol. The number of alkyl halides is 8. The number of carbonyl (C=O) groups is 1. The van der Waals surface area contributed by atoms with Crippen molar-refractivity contribution >= 4 is 21.6 Å². The normalized spacial score (nSPS) is 13.8. The summed E-state index contributed by atoms with van der Waals surface area (Å²) in [6.45, 7) is 0. The summed E-state index contributed by atoms with van der Waals surface area (Å²) < 4.78 is 143. The standard InChI is InChI=1S/C15H10F9N3O4S/c1-32(29,30)27-5-7(10(26-27)11(17)18)12(28)25-8-3-2-6(16)4-9(8)31-15(23,24)13(19)14(20,21)22/h2-5,11,13H,1H3,(H,25,28). The van der Waals surface area contributed by atoms with Gasteiger partial charge in [0, 0.05) is 6.07 Å². The van der Waals surface area contributed by atoms with Crippen LogP contribution in [0.1, 0.15) is 22.5 Å². The Hall–Kier alpha value is -2.98. The average Bonchev–Trinajstić information content (AvgIpc) is 3.08. The highest BCUT2D eigenvalue weighted by Gasteiger charge is 2.59. The van der Waals surface area contributed by atoms with Gasteiger partial charge in [0.2, 0.25) is 0 Å². The molecule has 1 aromatic carbocycles. The molecule has 0 aliphatic rings. The van der Waals surface area contributed by atoms with E-state index in [0.29, 0.717) is 24.6 Å². The molecular formula is C15H10F9N3O4S. The number of nitrogens with zero attached hydrogens (tertiary/aromatic N) is 2. The molecule has 1 aromatic heterocycles. The van der Waals surface area contributed by atoms with Gasteiger partial charge in [0.1, 0.15) is 11.5 Å². The maximum absolute atomic E-state index is 13.5. The monoisotopic (exact) mass is 499 g/mol. The maximum atomic E-state index is 13.5. The molecule has 17 heteroatoms. The predicted octanol–water partition coefficient (Wildman–Crippen LogP) is 3.89. The molecule has 0 saturated carbocycles. The van der Waals surface area contributed by atoms with E-state index in [1.807, 2.05) is 0 Å². The van der Waals surface area contributed by atoms with Crippen molar-refractivity contribution in [3.8, 4) is 5.75 Å². The van der Waals surface area contributed by atoms with Crippen molar-refractivity contribution in [2.45, 2.75) is 24.9 Å². The lowest BCUT2D eigenvalue weighted by Gasteiger charge is -2.24. The highest BCUT2D eigenvalue weighted by molar-refractivity contribution is 7.89. The molecule has 32 heavy (non-hydrogen) atoms. The van der Waals surface area contributed by atoms with Gasteiger partial charge >= 0.3 is 12.3 Å². The van der Waals surface area contributed by atoms with E-state index in [0.717, 1.165) is 0 Å². The minimum Gasteiger partial charge on any atom is -0.428 e. The molecule has 7 nitrogen and oxygen atoms in total. The molecule has 2 rings (SSSR count). The average molecular weight is 499 g/mol. The van der Waals surface area contributed by atoms with E-state index in [2.05, 4.69) is 9.84 Å². The third kappa shape index (κ3) is 5.63. The topological polar surface area (TPSA) is 90.3 Å². The summed E-state index contributed by atoms with van der Waals surface area (Å²) >= 11 is 0. The summed E-state index contributed by atoms with van der Waals surface area (Å²) in [4.78, 5) is 12.3. The second-order valence-corrected chi connectivity index (χ2v) is 7.87. The Morgan fingerprint density at radius 2 is 1.75 bits per heavy atom.